The van der Waals surface area contributed by atoms with E-state index in [4.69, 9.17) is 0 Å². The van der Waals surface area contributed by atoms with Crippen LogP contribution < -0.4 is 5.32 Å². The molecule has 1 aliphatic rings. The van der Waals surface area contributed by atoms with E-state index in [1.54, 1.807) is 36.4 Å². The number of rotatable bonds is 5. The molecule has 29 heavy (non-hydrogen) atoms. The molecule has 4 rings (SSSR count). The molecular formula is C22H17N3O4. The highest BCUT2D eigenvalue weighted by Crippen LogP contribution is 2.20. The Labute approximate surface area is 166 Å². The Hall–Kier alpha value is -4.00. The number of imide groups is 2. The van der Waals surface area contributed by atoms with Crippen molar-refractivity contribution in [2.75, 3.05) is 11.9 Å². The van der Waals surface area contributed by atoms with Crippen molar-refractivity contribution in [2.45, 2.75) is 6.54 Å². The fraction of sp³-hybridized carbons (Fsp3) is 0.0909. The molecule has 1 fully saturated rings. The van der Waals surface area contributed by atoms with Crippen molar-refractivity contribution < 1.29 is 19.2 Å². The highest BCUT2D eigenvalue weighted by atomic mass is 16.2. The molecule has 1 N–H and O–H groups in total. The van der Waals surface area contributed by atoms with Gasteiger partial charge in [-0.1, -0.05) is 60.7 Å². The Bertz CT molecular complexity index is 1130. The monoisotopic (exact) mass is 387 g/mol. The van der Waals surface area contributed by atoms with Gasteiger partial charge in [0.15, 0.2) is 0 Å². The lowest BCUT2D eigenvalue weighted by Crippen LogP contribution is -2.38. The molecule has 0 bridgehead atoms. The van der Waals surface area contributed by atoms with E-state index in [1.165, 1.54) is 0 Å². The number of urea groups is 1. The predicted octanol–water partition coefficient (Wildman–Crippen LogP) is 2.77. The van der Waals surface area contributed by atoms with E-state index in [0.717, 1.165) is 15.7 Å². The van der Waals surface area contributed by atoms with E-state index in [1.807, 2.05) is 36.4 Å². The Balaban J connectivity index is 1.45. The van der Waals surface area contributed by atoms with Crippen molar-refractivity contribution in [1.29, 1.82) is 0 Å². The van der Waals surface area contributed by atoms with Crippen molar-refractivity contribution >= 4 is 40.2 Å². The van der Waals surface area contributed by atoms with Crippen LogP contribution in [-0.2, 0) is 20.9 Å². The number of carbonyl (C=O) groups is 4. The third-order valence-electron chi connectivity index (χ3n) is 4.65. The molecule has 7 nitrogen and oxygen atoms in total. The SMILES string of the molecule is O=C(CN1C(=O)C(=O)N(Cc2ccccc2)C1=O)Nc1ccc2ccccc2c1. The molecule has 3 aromatic rings. The van der Waals surface area contributed by atoms with Gasteiger partial charge in [0.1, 0.15) is 6.54 Å². The first kappa shape index (κ1) is 18.4. The fourth-order valence-electron chi connectivity index (χ4n) is 3.21. The number of hydrogen-bond acceptors (Lipinski definition) is 4. The lowest BCUT2D eigenvalue weighted by Gasteiger charge is -2.15. The number of hydrogen-bond donors (Lipinski definition) is 1. The van der Waals surface area contributed by atoms with Gasteiger partial charge in [0.2, 0.25) is 5.91 Å². The molecule has 1 aliphatic heterocycles. The molecule has 0 atom stereocenters. The Morgan fingerprint density at radius 2 is 1.41 bits per heavy atom. The lowest BCUT2D eigenvalue weighted by molar-refractivity contribution is -0.143. The molecule has 0 radical (unpaired) electrons. The van der Waals surface area contributed by atoms with E-state index >= 15 is 0 Å². The van der Waals surface area contributed by atoms with Crippen molar-refractivity contribution in [3.05, 3.63) is 78.4 Å². The van der Waals surface area contributed by atoms with E-state index in [-0.39, 0.29) is 6.54 Å². The normalized spacial score (nSPS) is 14.0. The lowest BCUT2D eigenvalue weighted by atomic mass is 10.1. The minimum atomic E-state index is -1.00. The molecule has 0 unspecified atom stereocenters. The standard InChI is InChI=1S/C22H17N3O4/c26-19(23-18-11-10-16-8-4-5-9-17(16)12-18)14-25-21(28)20(27)24(22(25)29)13-15-6-2-1-3-7-15/h1-12H,13-14H2,(H,23,26). The van der Waals surface area contributed by atoms with Gasteiger partial charge in [0.05, 0.1) is 6.54 Å². The second-order valence-corrected chi connectivity index (χ2v) is 6.66. The quantitative estimate of drug-likeness (QED) is 0.539. The van der Waals surface area contributed by atoms with Crippen LogP contribution in [0.3, 0.4) is 0 Å². The summed E-state index contributed by atoms with van der Waals surface area (Å²) in [5.74, 6) is -2.49. The fourth-order valence-corrected chi connectivity index (χ4v) is 3.21. The van der Waals surface area contributed by atoms with Gasteiger partial charge in [-0.25, -0.2) is 9.69 Å². The number of nitrogens with zero attached hydrogens (tertiary/aromatic N) is 2. The minimum Gasteiger partial charge on any atom is -0.325 e. The van der Waals surface area contributed by atoms with Crippen LogP contribution in [0.25, 0.3) is 10.8 Å². The van der Waals surface area contributed by atoms with Crippen LogP contribution in [0.2, 0.25) is 0 Å². The summed E-state index contributed by atoms with van der Waals surface area (Å²) in [4.78, 5) is 50.8. The van der Waals surface area contributed by atoms with Gasteiger partial charge in [0, 0.05) is 5.69 Å². The van der Waals surface area contributed by atoms with Crippen molar-refractivity contribution in [3.8, 4) is 0 Å². The molecule has 0 aromatic heterocycles. The summed E-state index contributed by atoms with van der Waals surface area (Å²) in [5.41, 5.74) is 1.25. The number of benzene rings is 3. The van der Waals surface area contributed by atoms with Gasteiger partial charge in [-0.2, -0.15) is 0 Å². The molecule has 0 aliphatic carbocycles. The second-order valence-electron chi connectivity index (χ2n) is 6.66. The summed E-state index contributed by atoms with van der Waals surface area (Å²) in [7, 11) is 0. The van der Waals surface area contributed by atoms with Crippen LogP contribution in [0.1, 0.15) is 5.56 Å². The maximum Gasteiger partial charge on any atom is 0.335 e. The number of anilines is 1. The molecule has 0 saturated carbocycles. The van der Waals surface area contributed by atoms with Gasteiger partial charge in [-0.3, -0.25) is 19.3 Å². The first-order chi connectivity index (χ1) is 14.0. The van der Waals surface area contributed by atoms with Crippen LogP contribution in [0.15, 0.2) is 72.8 Å². The molecule has 0 spiro atoms. The predicted molar refractivity (Wildman–Crippen MR) is 107 cm³/mol. The van der Waals surface area contributed by atoms with Gasteiger partial charge >= 0.3 is 17.8 Å². The summed E-state index contributed by atoms with van der Waals surface area (Å²) in [6.45, 7) is -0.547. The highest BCUT2D eigenvalue weighted by molar-refractivity contribution is 6.45. The van der Waals surface area contributed by atoms with Crippen LogP contribution in [0.4, 0.5) is 10.5 Å². The smallest absolute Gasteiger partial charge is 0.325 e. The maximum absolute atomic E-state index is 12.5. The zero-order valence-corrected chi connectivity index (χ0v) is 15.4. The van der Waals surface area contributed by atoms with E-state index in [2.05, 4.69) is 5.32 Å². The van der Waals surface area contributed by atoms with Crippen LogP contribution in [0.5, 0.6) is 0 Å². The Morgan fingerprint density at radius 3 is 2.17 bits per heavy atom. The Kier molecular flexibility index (Phi) is 4.78. The van der Waals surface area contributed by atoms with Crippen LogP contribution >= 0.6 is 0 Å². The summed E-state index contributed by atoms with van der Waals surface area (Å²) in [6, 6.07) is 21.1. The molecular weight excluding hydrogens is 370 g/mol. The Morgan fingerprint density at radius 1 is 0.759 bits per heavy atom. The van der Waals surface area contributed by atoms with Crippen molar-refractivity contribution in [1.82, 2.24) is 9.80 Å². The number of fused-ring (bicyclic) bond motifs is 1. The van der Waals surface area contributed by atoms with Gasteiger partial charge < -0.3 is 5.32 Å². The largest absolute Gasteiger partial charge is 0.335 e. The highest BCUT2D eigenvalue weighted by Gasteiger charge is 2.45. The minimum absolute atomic E-state index is 0.0208. The molecule has 1 heterocycles. The first-order valence-electron chi connectivity index (χ1n) is 9.03. The summed E-state index contributed by atoms with van der Waals surface area (Å²) >= 11 is 0. The zero-order chi connectivity index (χ0) is 20.4. The molecule has 7 heteroatoms. The summed E-state index contributed by atoms with van der Waals surface area (Å²) in [5, 5.41) is 4.64. The molecule has 144 valence electrons. The zero-order valence-electron chi connectivity index (χ0n) is 15.4. The number of carbonyl (C=O) groups excluding carboxylic acids is 4. The molecule has 5 amide bonds. The van der Waals surface area contributed by atoms with E-state index in [0.29, 0.717) is 16.2 Å². The van der Waals surface area contributed by atoms with E-state index < -0.39 is 30.3 Å². The van der Waals surface area contributed by atoms with E-state index in [9.17, 15) is 19.2 Å². The second kappa shape index (κ2) is 7.55. The average Bonchev–Trinajstić information content (AvgIpc) is 2.93. The third-order valence-corrected chi connectivity index (χ3v) is 4.65. The van der Waals surface area contributed by atoms with Crippen molar-refractivity contribution in [2.24, 2.45) is 0 Å². The van der Waals surface area contributed by atoms with Gasteiger partial charge in [-0.05, 0) is 28.5 Å². The van der Waals surface area contributed by atoms with Gasteiger partial charge in [-0.15, -0.1) is 0 Å². The summed E-state index contributed by atoms with van der Waals surface area (Å²) < 4.78 is 0. The molecule has 3 aromatic carbocycles. The van der Waals surface area contributed by atoms with Crippen molar-refractivity contribution in [3.63, 3.8) is 0 Å². The van der Waals surface area contributed by atoms with Gasteiger partial charge in [0.25, 0.3) is 0 Å². The first-order valence-corrected chi connectivity index (χ1v) is 9.03. The summed E-state index contributed by atoms with van der Waals surface area (Å²) in [6.07, 6.45) is 0. The third kappa shape index (κ3) is 3.70. The maximum atomic E-state index is 12.5. The average molecular weight is 387 g/mol. The van der Waals surface area contributed by atoms with Crippen LogP contribution in [0, 0.1) is 0 Å². The topological polar surface area (TPSA) is 86.8 Å². The van der Waals surface area contributed by atoms with Crippen LogP contribution in [-0.4, -0.2) is 40.1 Å². The number of amides is 5. The number of nitrogens with one attached hydrogen (secondary N) is 1. The molecule has 1 saturated heterocycles.